The van der Waals surface area contributed by atoms with Crippen LogP contribution in [0.2, 0.25) is 0 Å². The first-order valence-corrected chi connectivity index (χ1v) is 5.60. The lowest BCUT2D eigenvalue weighted by atomic mass is 9.67. The quantitative estimate of drug-likeness (QED) is 0.697. The van der Waals surface area contributed by atoms with Gasteiger partial charge in [0.15, 0.2) is 0 Å². The number of rotatable bonds is 2. The fourth-order valence-corrected chi connectivity index (χ4v) is 2.31. The maximum Gasteiger partial charge on any atom is 0.0620 e. The summed E-state index contributed by atoms with van der Waals surface area (Å²) in [5, 5.41) is 9.83. The number of hydrogen-bond acceptors (Lipinski definition) is 1. The second-order valence-electron chi connectivity index (χ2n) is 5.61. The maximum atomic E-state index is 9.83. The molecule has 1 fully saturated rings. The summed E-state index contributed by atoms with van der Waals surface area (Å²) in [4.78, 5) is 0. The molecule has 0 amide bonds. The first kappa shape index (κ1) is 11.0. The number of aliphatic hydroxyl groups is 1. The van der Waals surface area contributed by atoms with Gasteiger partial charge < -0.3 is 5.11 Å². The highest BCUT2D eigenvalue weighted by molar-refractivity contribution is 4.87. The molecule has 1 aliphatic carbocycles. The van der Waals surface area contributed by atoms with Crippen LogP contribution in [0, 0.1) is 11.3 Å². The Bertz CT molecular complexity index is 160. The van der Waals surface area contributed by atoms with Crippen LogP contribution in [-0.4, -0.2) is 10.7 Å². The average molecular weight is 184 g/mol. The van der Waals surface area contributed by atoms with Crippen molar-refractivity contribution in [2.45, 2.75) is 65.4 Å². The van der Waals surface area contributed by atoms with E-state index in [-0.39, 0.29) is 5.60 Å². The number of hydrogen-bond donors (Lipinski definition) is 1. The zero-order valence-corrected chi connectivity index (χ0v) is 9.56. The van der Waals surface area contributed by atoms with E-state index in [2.05, 4.69) is 20.8 Å². The van der Waals surface area contributed by atoms with Gasteiger partial charge in [0, 0.05) is 0 Å². The summed E-state index contributed by atoms with van der Waals surface area (Å²) < 4.78 is 0. The fraction of sp³-hybridized carbons (Fsp3) is 1.00. The SMILES string of the molecule is CCC(C)(C)C1CCC(C)(O)CC1. The van der Waals surface area contributed by atoms with Gasteiger partial charge in [0.2, 0.25) is 0 Å². The van der Waals surface area contributed by atoms with Crippen molar-refractivity contribution in [3.05, 3.63) is 0 Å². The zero-order valence-electron chi connectivity index (χ0n) is 9.56. The van der Waals surface area contributed by atoms with Crippen molar-refractivity contribution in [2.24, 2.45) is 11.3 Å². The van der Waals surface area contributed by atoms with Crippen molar-refractivity contribution in [3.8, 4) is 0 Å². The summed E-state index contributed by atoms with van der Waals surface area (Å²) in [6, 6.07) is 0. The molecular weight excluding hydrogens is 160 g/mol. The highest BCUT2D eigenvalue weighted by Crippen LogP contribution is 2.43. The summed E-state index contributed by atoms with van der Waals surface area (Å²) in [7, 11) is 0. The van der Waals surface area contributed by atoms with Gasteiger partial charge in [-0.15, -0.1) is 0 Å². The largest absolute Gasteiger partial charge is 0.390 e. The van der Waals surface area contributed by atoms with Gasteiger partial charge in [-0.1, -0.05) is 27.2 Å². The monoisotopic (exact) mass is 184 g/mol. The fourth-order valence-electron chi connectivity index (χ4n) is 2.31. The van der Waals surface area contributed by atoms with Crippen molar-refractivity contribution in [1.82, 2.24) is 0 Å². The minimum Gasteiger partial charge on any atom is -0.390 e. The summed E-state index contributed by atoms with van der Waals surface area (Å²) >= 11 is 0. The third kappa shape index (κ3) is 2.70. The second-order valence-corrected chi connectivity index (χ2v) is 5.61. The lowest BCUT2D eigenvalue weighted by molar-refractivity contribution is -0.0133. The van der Waals surface area contributed by atoms with Crippen molar-refractivity contribution < 1.29 is 5.11 Å². The Kier molecular flexibility index (Phi) is 3.06. The minimum absolute atomic E-state index is 0.375. The predicted molar refractivity (Wildman–Crippen MR) is 56.7 cm³/mol. The van der Waals surface area contributed by atoms with Gasteiger partial charge in [-0.25, -0.2) is 0 Å². The smallest absolute Gasteiger partial charge is 0.0620 e. The molecule has 1 nitrogen and oxygen atoms in total. The second kappa shape index (κ2) is 3.61. The molecule has 0 aromatic heterocycles. The highest BCUT2D eigenvalue weighted by atomic mass is 16.3. The molecule has 0 bridgehead atoms. The highest BCUT2D eigenvalue weighted by Gasteiger charge is 2.35. The first-order valence-electron chi connectivity index (χ1n) is 5.60. The summed E-state index contributed by atoms with van der Waals surface area (Å²) in [6.45, 7) is 8.96. The molecule has 0 unspecified atom stereocenters. The molecule has 0 radical (unpaired) electrons. The lowest BCUT2D eigenvalue weighted by Crippen LogP contribution is -2.35. The molecule has 1 aliphatic rings. The topological polar surface area (TPSA) is 20.2 Å². The molecule has 0 aromatic carbocycles. The van der Waals surface area contributed by atoms with Gasteiger partial charge >= 0.3 is 0 Å². The molecule has 1 heteroatoms. The van der Waals surface area contributed by atoms with E-state index >= 15 is 0 Å². The minimum atomic E-state index is -0.375. The van der Waals surface area contributed by atoms with E-state index in [1.54, 1.807) is 0 Å². The van der Waals surface area contributed by atoms with Crippen molar-refractivity contribution in [2.75, 3.05) is 0 Å². The van der Waals surface area contributed by atoms with E-state index in [0.29, 0.717) is 5.41 Å². The van der Waals surface area contributed by atoms with E-state index in [9.17, 15) is 5.11 Å². The molecule has 78 valence electrons. The Labute approximate surface area is 82.5 Å². The van der Waals surface area contributed by atoms with Crippen LogP contribution in [-0.2, 0) is 0 Å². The Morgan fingerprint density at radius 1 is 1.31 bits per heavy atom. The van der Waals surface area contributed by atoms with Gasteiger partial charge in [-0.3, -0.25) is 0 Å². The van der Waals surface area contributed by atoms with Gasteiger partial charge in [-0.05, 0) is 43.9 Å². The lowest BCUT2D eigenvalue weighted by Gasteiger charge is -2.41. The Hall–Kier alpha value is -0.0400. The van der Waals surface area contributed by atoms with E-state index in [4.69, 9.17) is 0 Å². The summed E-state index contributed by atoms with van der Waals surface area (Å²) in [5.41, 5.74) is 0.0941. The van der Waals surface area contributed by atoms with Crippen LogP contribution >= 0.6 is 0 Å². The van der Waals surface area contributed by atoms with Gasteiger partial charge in [-0.2, -0.15) is 0 Å². The third-order valence-corrected chi connectivity index (χ3v) is 4.08. The molecular formula is C12H24O. The van der Waals surface area contributed by atoms with Crippen molar-refractivity contribution in [3.63, 3.8) is 0 Å². The molecule has 0 aliphatic heterocycles. The van der Waals surface area contributed by atoms with E-state index < -0.39 is 0 Å². The van der Waals surface area contributed by atoms with Crippen LogP contribution < -0.4 is 0 Å². The van der Waals surface area contributed by atoms with Crippen LogP contribution in [0.1, 0.15) is 59.8 Å². The molecule has 0 saturated heterocycles. The average Bonchev–Trinajstić information content (AvgIpc) is 2.04. The van der Waals surface area contributed by atoms with E-state index in [0.717, 1.165) is 18.8 Å². The maximum absolute atomic E-state index is 9.83. The molecule has 0 atom stereocenters. The normalized spacial score (nSPS) is 36.2. The van der Waals surface area contributed by atoms with Crippen molar-refractivity contribution in [1.29, 1.82) is 0 Å². The van der Waals surface area contributed by atoms with E-state index in [1.165, 1.54) is 19.3 Å². The van der Waals surface area contributed by atoms with Crippen LogP contribution in [0.5, 0.6) is 0 Å². The first-order chi connectivity index (χ1) is 5.87. The molecule has 1 N–H and O–H groups in total. The summed E-state index contributed by atoms with van der Waals surface area (Å²) in [6.07, 6.45) is 5.63. The zero-order chi connectivity index (χ0) is 10.1. The van der Waals surface area contributed by atoms with E-state index in [1.807, 2.05) is 6.92 Å². The molecule has 1 saturated carbocycles. The van der Waals surface area contributed by atoms with Crippen LogP contribution in [0.25, 0.3) is 0 Å². The Balaban J connectivity index is 2.50. The molecule has 0 heterocycles. The van der Waals surface area contributed by atoms with Crippen LogP contribution in [0.15, 0.2) is 0 Å². The molecule has 13 heavy (non-hydrogen) atoms. The Morgan fingerprint density at radius 3 is 2.15 bits per heavy atom. The standard InChI is InChI=1S/C12H24O/c1-5-11(2,3)10-6-8-12(4,13)9-7-10/h10,13H,5-9H2,1-4H3. The molecule has 0 aromatic rings. The summed E-state index contributed by atoms with van der Waals surface area (Å²) in [5.74, 6) is 0.817. The van der Waals surface area contributed by atoms with Crippen LogP contribution in [0.4, 0.5) is 0 Å². The van der Waals surface area contributed by atoms with Gasteiger partial charge in [0.1, 0.15) is 0 Å². The Morgan fingerprint density at radius 2 is 1.77 bits per heavy atom. The van der Waals surface area contributed by atoms with Gasteiger partial charge in [0.25, 0.3) is 0 Å². The molecule has 1 rings (SSSR count). The van der Waals surface area contributed by atoms with Crippen LogP contribution in [0.3, 0.4) is 0 Å². The van der Waals surface area contributed by atoms with Crippen molar-refractivity contribution >= 4 is 0 Å². The predicted octanol–water partition coefficient (Wildman–Crippen LogP) is 3.36. The third-order valence-electron chi connectivity index (χ3n) is 4.08. The van der Waals surface area contributed by atoms with Gasteiger partial charge in [0.05, 0.1) is 5.60 Å². The molecule has 0 spiro atoms.